The minimum absolute atomic E-state index is 0.673. The monoisotopic (exact) mass is 193 g/mol. The third kappa shape index (κ3) is 1.09. The van der Waals surface area contributed by atoms with Crippen LogP contribution in [0.1, 0.15) is 5.56 Å². The number of rotatable bonds is 0. The van der Waals surface area contributed by atoms with E-state index in [-0.39, 0.29) is 0 Å². The molecule has 15 heavy (non-hydrogen) atoms. The number of hydrogen-bond acceptors (Lipinski definition) is 2. The molecule has 0 atom stereocenters. The van der Waals surface area contributed by atoms with Crippen LogP contribution in [0, 0.1) is 11.3 Å². The summed E-state index contributed by atoms with van der Waals surface area (Å²) in [5.74, 6) is 0. The first-order valence-corrected chi connectivity index (χ1v) is 4.64. The van der Waals surface area contributed by atoms with E-state index in [0.717, 1.165) is 21.8 Å². The van der Waals surface area contributed by atoms with Crippen LogP contribution in [0.15, 0.2) is 36.7 Å². The van der Waals surface area contributed by atoms with Gasteiger partial charge in [0.05, 0.1) is 11.6 Å². The molecule has 0 spiro atoms. The number of benzene rings is 1. The summed E-state index contributed by atoms with van der Waals surface area (Å²) in [7, 11) is 0. The Hall–Kier alpha value is -2.34. The van der Waals surface area contributed by atoms with E-state index >= 15 is 0 Å². The van der Waals surface area contributed by atoms with Gasteiger partial charge in [-0.1, -0.05) is 0 Å². The minimum Gasteiger partial charge on any atom is -0.354 e. The van der Waals surface area contributed by atoms with Gasteiger partial charge < -0.3 is 4.98 Å². The van der Waals surface area contributed by atoms with Gasteiger partial charge in [-0.15, -0.1) is 0 Å². The van der Waals surface area contributed by atoms with Crippen LogP contribution in [0.5, 0.6) is 0 Å². The molecule has 0 aliphatic heterocycles. The number of nitriles is 1. The van der Waals surface area contributed by atoms with Crippen LogP contribution in [0.2, 0.25) is 0 Å². The van der Waals surface area contributed by atoms with Crippen LogP contribution < -0.4 is 0 Å². The maximum Gasteiger partial charge on any atom is 0.0991 e. The van der Waals surface area contributed by atoms with Crippen LogP contribution in [0.3, 0.4) is 0 Å². The molecule has 1 N–H and O–H groups in total. The predicted molar refractivity (Wildman–Crippen MR) is 58.3 cm³/mol. The van der Waals surface area contributed by atoms with Crippen LogP contribution in [0.4, 0.5) is 0 Å². The van der Waals surface area contributed by atoms with Gasteiger partial charge in [0.1, 0.15) is 0 Å². The van der Waals surface area contributed by atoms with Crippen molar-refractivity contribution in [3.05, 3.63) is 42.2 Å². The third-order valence-electron chi connectivity index (χ3n) is 2.53. The van der Waals surface area contributed by atoms with E-state index in [1.54, 1.807) is 6.20 Å². The summed E-state index contributed by atoms with van der Waals surface area (Å²) in [6.07, 6.45) is 3.57. The first-order chi connectivity index (χ1) is 7.38. The Balaban J connectivity index is 2.53. The number of H-pyrrole nitrogens is 1. The van der Waals surface area contributed by atoms with Gasteiger partial charge in [0.2, 0.25) is 0 Å². The second-order valence-electron chi connectivity index (χ2n) is 3.42. The molecule has 3 nitrogen and oxygen atoms in total. The van der Waals surface area contributed by atoms with Crippen LogP contribution in [-0.2, 0) is 0 Å². The normalized spacial score (nSPS) is 10.6. The molecule has 3 heteroatoms. The predicted octanol–water partition coefficient (Wildman–Crippen LogP) is 2.59. The van der Waals surface area contributed by atoms with Crippen molar-refractivity contribution >= 4 is 21.8 Å². The topological polar surface area (TPSA) is 52.5 Å². The van der Waals surface area contributed by atoms with E-state index in [1.165, 1.54) is 0 Å². The molecule has 2 heterocycles. The number of pyridine rings is 1. The fourth-order valence-electron chi connectivity index (χ4n) is 1.81. The van der Waals surface area contributed by atoms with Gasteiger partial charge in [-0.25, -0.2) is 0 Å². The van der Waals surface area contributed by atoms with E-state index in [2.05, 4.69) is 16.0 Å². The van der Waals surface area contributed by atoms with E-state index in [9.17, 15) is 0 Å². The molecule has 0 saturated carbocycles. The van der Waals surface area contributed by atoms with Gasteiger partial charge in [-0.3, -0.25) is 4.98 Å². The Kier molecular flexibility index (Phi) is 1.51. The zero-order chi connectivity index (χ0) is 10.3. The number of hydrogen-bond donors (Lipinski definition) is 1. The highest BCUT2D eigenvalue weighted by Gasteiger charge is 2.03. The number of fused-ring (bicyclic) bond motifs is 3. The maximum atomic E-state index is 8.83. The van der Waals surface area contributed by atoms with Gasteiger partial charge in [0, 0.05) is 34.2 Å². The molecule has 0 fully saturated rings. The summed E-state index contributed by atoms with van der Waals surface area (Å²) in [4.78, 5) is 7.37. The number of nitrogens with one attached hydrogen (secondary N) is 1. The van der Waals surface area contributed by atoms with Crippen molar-refractivity contribution in [2.24, 2.45) is 0 Å². The molecule has 2 aromatic heterocycles. The smallest absolute Gasteiger partial charge is 0.0991 e. The average molecular weight is 193 g/mol. The number of aromatic amines is 1. The van der Waals surface area contributed by atoms with Gasteiger partial charge in [0.15, 0.2) is 0 Å². The summed E-state index contributed by atoms with van der Waals surface area (Å²) < 4.78 is 0. The van der Waals surface area contributed by atoms with Gasteiger partial charge >= 0.3 is 0 Å². The molecule has 0 aliphatic carbocycles. The fraction of sp³-hybridized carbons (Fsp3) is 0. The SMILES string of the molecule is N#Cc1ccc2[nH]c3ccncc3c2c1. The molecule has 3 rings (SSSR count). The fourth-order valence-corrected chi connectivity index (χ4v) is 1.81. The molecular formula is C12H7N3. The lowest BCUT2D eigenvalue weighted by Gasteiger charge is -1.90. The van der Waals surface area contributed by atoms with Crippen molar-refractivity contribution in [3.8, 4) is 6.07 Å². The molecule has 0 bridgehead atoms. The van der Waals surface area contributed by atoms with Crippen molar-refractivity contribution in [2.75, 3.05) is 0 Å². The Morgan fingerprint density at radius 1 is 1.13 bits per heavy atom. The van der Waals surface area contributed by atoms with Gasteiger partial charge in [0.25, 0.3) is 0 Å². The largest absolute Gasteiger partial charge is 0.354 e. The summed E-state index contributed by atoms with van der Waals surface area (Å²) in [6, 6.07) is 9.69. The maximum absolute atomic E-state index is 8.83. The zero-order valence-electron chi connectivity index (χ0n) is 7.86. The quantitative estimate of drug-likeness (QED) is 0.596. The van der Waals surface area contributed by atoms with E-state index < -0.39 is 0 Å². The lowest BCUT2D eigenvalue weighted by atomic mass is 10.1. The molecule has 3 aromatic rings. The highest BCUT2D eigenvalue weighted by atomic mass is 14.7. The molecule has 1 aromatic carbocycles. The molecule has 70 valence electrons. The zero-order valence-corrected chi connectivity index (χ0v) is 7.86. The Labute approximate surface area is 86.0 Å². The van der Waals surface area contributed by atoms with Crippen molar-refractivity contribution in [1.82, 2.24) is 9.97 Å². The van der Waals surface area contributed by atoms with Crippen molar-refractivity contribution in [3.63, 3.8) is 0 Å². The summed E-state index contributed by atoms with van der Waals surface area (Å²) in [5, 5.41) is 10.9. The summed E-state index contributed by atoms with van der Waals surface area (Å²) in [5.41, 5.74) is 2.76. The van der Waals surface area contributed by atoms with Crippen LogP contribution in [0.25, 0.3) is 21.8 Å². The van der Waals surface area contributed by atoms with Crippen molar-refractivity contribution in [2.45, 2.75) is 0 Å². The molecule has 0 amide bonds. The summed E-state index contributed by atoms with van der Waals surface area (Å²) >= 11 is 0. The number of nitrogens with zero attached hydrogens (tertiary/aromatic N) is 2. The van der Waals surface area contributed by atoms with E-state index in [0.29, 0.717) is 5.56 Å². The van der Waals surface area contributed by atoms with Gasteiger partial charge in [-0.05, 0) is 24.3 Å². The molecule has 0 saturated heterocycles. The van der Waals surface area contributed by atoms with Crippen LogP contribution in [-0.4, -0.2) is 9.97 Å². The highest BCUT2D eigenvalue weighted by Crippen LogP contribution is 2.24. The highest BCUT2D eigenvalue weighted by molar-refractivity contribution is 6.07. The number of aromatic nitrogens is 2. The molecule has 0 radical (unpaired) electrons. The lowest BCUT2D eigenvalue weighted by Crippen LogP contribution is -1.73. The Morgan fingerprint density at radius 3 is 2.87 bits per heavy atom. The third-order valence-corrected chi connectivity index (χ3v) is 2.53. The van der Waals surface area contributed by atoms with E-state index in [1.807, 2.05) is 30.5 Å². The Morgan fingerprint density at radius 2 is 2.00 bits per heavy atom. The second kappa shape index (κ2) is 2.82. The van der Waals surface area contributed by atoms with Gasteiger partial charge in [-0.2, -0.15) is 5.26 Å². The first kappa shape index (κ1) is 8.01. The van der Waals surface area contributed by atoms with Crippen molar-refractivity contribution < 1.29 is 0 Å². The van der Waals surface area contributed by atoms with E-state index in [4.69, 9.17) is 5.26 Å². The minimum atomic E-state index is 0.673. The van der Waals surface area contributed by atoms with Crippen LogP contribution >= 0.6 is 0 Å². The lowest BCUT2D eigenvalue weighted by molar-refractivity contribution is 1.36. The van der Waals surface area contributed by atoms with Crippen molar-refractivity contribution in [1.29, 1.82) is 5.26 Å². The molecule has 0 aliphatic rings. The molecular weight excluding hydrogens is 186 g/mol. The first-order valence-electron chi connectivity index (χ1n) is 4.64. The summed E-state index contributed by atoms with van der Waals surface area (Å²) in [6.45, 7) is 0. The average Bonchev–Trinajstić information content (AvgIpc) is 2.66. The Bertz CT molecular complexity index is 689. The standard InChI is InChI=1S/C12H7N3/c13-6-8-1-2-11-9(5-8)10-7-14-4-3-12(10)15-11/h1-5,7,15H. The molecule has 0 unspecified atom stereocenters. The second-order valence-corrected chi connectivity index (χ2v) is 3.42.